The summed E-state index contributed by atoms with van der Waals surface area (Å²) in [5.41, 5.74) is 6.60. The van der Waals surface area contributed by atoms with E-state index in [1.807, 2.05) is 0 Å². The highest BCUT2D eigenvalue weighted by Crippen LogP contribution is 2.12. The van der Waals surface area contributed by atoms with Crippen molar-refractivity contribution < 1.29 is 5.11 Å². The fraction of sp³-hybridized carbons (Fsp3) is 0.125. The lowest BCUT2D eigenvalue weighted by Gasteiger charge is -2.11. The average Bonchev–Trinajstić information content (AvgIpc) is 2.18. The van der Waals surface area contributed by atoms with E-state index in [9.17, 15) is 0 Å². The van der Waals surface area contributed by atoms with Gasteiger partial charge in [-0.05, 0) is 17.7 Å². The third kappa shape index (κ3) is 2.43. The van der Waals surface area contributed by atoms with Gasteiger partial charge in [-0.3, -0.25) is 0 Å². The van der Waals surface area contributed by atoms with Crippen LogP contribution in [0, 0.1) is 0 Å². The summed E-state index contributed by atoms with van der Waals surface area (Å²) in [4.78, 5) is 0. The standard InChI is InChI=1S/C8H12N4O/c9-6-11-12(10)8-3-1-7(5-13)2-4-8/h1-4,6,13H,5,10H2,(H2,9,11). The summed E-state index contributed by atoms with van der Waals surface area (Å²) in [5, 5.41) is 13.6. The number of nitrogens with zero attached hydrogens (tertiary/aromatic N) is 2. The zero-order valence-corrected chi connectivity index (χ0v) is 7.09. The molecule has 5 heteroatoms. The summed E-state index contributed by atoms with van der Waals surface area (Å²) < 4.78 is 0. The number of nitrogens with two attached hydrogens (primary N) is 2. The second-order valence-corrected chi connectivity index (χ2v) is 2.43. The predicted molar refractivity (Wildman–Crippen MR) is 51.7 cm³/mol. The summed E-state index contributed by atoms with van der Waals surface area (Å²) in [6.45, 7) is 0.0189. The number of aliphatic hydroxyl groups is 1. The van der Waals surface area contributed by atoms with Crippen LogP contribution in [0.15, 0.2) is 29.4 Å². The van der Waals surface area contributed by atoms with Gasteiger partial charge in [-0.25, -0.2) is 5.84 Å². The van der Waals surface area contributed by atoms with Crippen LogP contribution >= 0.6 is 0 Å². The maximum atomic E-state index is 8.78. The molecule has 0 heterocycles. The van der Waals surface area contributed by atoms with E-state index in [1.165, 1.54) is 0 Å². The molecular formula is C8H12N4O. The molecule has 0 radical (unpaired) electrons. The Labute approximate surface area is 76.2 Å². The Balaban J connectivity index is 2.79. The Bertz CT molecular complexity index is 283. The van der Waals surface area contributed by atoms with E-state index in [0.29, 0.717) is 5.69 Å². The third-order valence-corrected chi connectivity index (χ3v) is 1.57. The van der Waals surface area contributed by atoms with Crippen molar-refractivity contribution in [2.75, 3.05) is 5.12 Å². The maximum absolute atomic E-state index is 8.78. The van der Waals surface area contributed by atoms with Gasteiger partial charge in [0.05, 0.1) is 12.3 Å². The molecule has 0 fully saturated rings. The van der Waals surface area contributed by atoms with Crippen molar-refractivity contribution >= 4 is 12.0 Å². The minimum atomic E-state index is 0.0189. The van der Waals surface area contributed by atoms with Crippen molar-refractivity contribution in [2.24, 2.45) is 16.7 Å². The quantitative estimate of drug-likeness (QED) is 0.259. The molecule has 0 bridgehead atoms. The van der Waals surface area contributed by atoms with Crippen LogP contribution in [-0.4, -0.2) is 11.4 Å². The first-order chi connectivity index (χ1) is 6.27. The van der Waals surface area contributed by atoms with Gasteiger partial charge in [-0.15, -0.1) is 5.10 Å². The van der Waals surface area contributed by atoms with E-state index in [-0.39, 0.29) is 6.61 Å². The first-order valence-corrected chi connectivity index (χ1v) is 3.76. The molecule has 0 aliphatic carbocycles. The number of hydrazone groups is 1. The Morgan fingerprint density at radius 1 is 1.38 bits per heavy atom. The number of hydrogen-bond donors (Lipinski definition) is 3. The smallest absolute Gasteiger partial charge is 0.108 e. The van der Waals surface area contributed by atoms with Crippen molar-refractivity contribution in [1.29, 1.82) is 0 Å². The molecule has 0 unspecified atom stereocenters. The fourth-order valence-corrected chi connectivity index (χ4v) is 0.893. The Morgan fingerprint density at radius 2 is 2.00 bits per heavy atom. The number of hydrogen-bond acceptors (Lipinski definition) is 4. The van der Waals surface area contributed by atoms with Crippen LogP contribution in [0.1, 0.15) is 5.56 Å². The topological polar surface area (TPSA) is 87.9 Å². The van der Waals surface area contributed by atoms with Gasteiger partial charge in [0.15, 0.2) is 0 Å². The molecular weight excluding hydrogens is 168 g/mol. The van der Waals surface area contributed by atoms with Crippen molar-refractivity contribution in [1.82, 2.24) is 0 Å². The van der Waals surface area contributed by atoms with Crippen molar-refractivity contribution in [2.45, 2.75) is 6.61 Å². The summed E-state index contributed by atoms with van der Waals surface area (Å²) in [5.74, 6) is 5.49. The molecule has 1 aromatic carbocycles. The first-order valence-electron chi connectivity index (χ1n) is 3.76. The van der Waals surface area contributed by atoms with Crippen LogP contribution in [0.2, 0.25) is 0 Å². The molecule has 0 aromatic heterocycles. The van der Waals surface area contributed by atoms with Gasteiger partial charge in [0.25, 0.3) is 0 Å². The van der Waals surface area contributed by atoms with Crippen LogP contribution in [-0.2, 0) is 6.61 Å². The van der Waals surface area contributed by atoms with Gasteiger partial charge in [-0.1, -0.05) is 12.1 Å². The van der Waals surface area contributed by atoms with E-state index in [0.717, 1.165) is 17.0 Å². The zero-order valence-electron chi connectivity index (χ0n) is 7.09. The van der Waals surface area contributed by atoms with Crippen LogP contribution < -0.4 is 16.7 Å². The molecule has 5 nitrogen and oxygen atoms in total. The molecule has 0 amide bonds. The van der Waals surface area contributed by atoms with Gasteiger partial charge < -0.3 is 10.8 Å². The number of benzene rings is 1. The minimum Gasteiger partial charge on any atom is -0.392 e. The van der Waals surface area contributed by atoms with Gasteiger partial charge in [0.1, 0.15) is 6.34 Å². The molecule has 0 spiro atoms. The Hall–Kier alpha value is -1.59. The number of aliphatic hydroxyl groups excluding tert-OH is 1. The largest absolute Gasteiger partial charge is 0.392 e. The Kier molecular flexibility index (Phi) is 3.24. The summed E-state index contributed by atoms with van der Waals surface area (Å²) >= 11 is 0. The Morgan fingerprint density at radius 3 is 2.46 bits per heavy atom. The SMILES string of the molecule is N/C=N\N(N)c1ccc(CO)cc1. The van der Waals surface area contributed by atoms with Gasteiger partial charge in [0.2, 0.25) is 0 Å². The summed E-state index contributed by atoms with van der Waals surface area (Å²) in [6.07, 6.45) is 1.11. The molecule has 0 aliphatic heterocycles. The normalized spacial score (nSPS) is 10.6. The highest BCUT2D eigenvalue weighted by molar-refractivity contribution is 5.55. The molecule has 0 saturated carbocycles. The average molecular weight is 180 g/mol. The lowest BCUT2D eigenvalue weighted by atomic mass is 10.2. The monoisotopic (exact) mass is 180 g/mol. The molecule has 0 atom stereocenters. The van der Waals surface area contributed by atoms with Crippen molar-refractivity contribution in [3.05, 3.63) is 29.8 Å². The number of anilines is 1. The zero-order chi connectivity index (χ0) is 9.68. The molecule has 1 aromatic rings. The van der Waals surface area contributed by atoms with E-state index < -0.39 is 0 Å². The molecule has 0 saturated heterocycles. The number of rotatable bonds is 3. The van der Waals surface area contributed by atoms with Gasteiger partial charge in [-0.2, -0.15) is 5.12 Å². The van der Waals surface area contributed by atoms with E-state index >= 15 is 0 Å². The first kappa shape index (κ1) is 9.50. The predicted octanol–water partition coefficient (Wildman–Crippen LogP) is -0.239. The lowest BCUT2D eigenvalue weighted by molar-refractivity contribution is 0.282. The third-order valence-electron chi connectivity index (χ3n) is 1.57. The van der Waals surface area contributed by atoms with Gasteiger partial charge in [0, 0.05) is 0 Å². The van der Waals surface area contributed by atoms with Crippen LogP contribution in [0.25, 0.3) is 0 Å². The van der Waals surface area contributed by atoms with E-state index in [4.69, 9.17) is 16.7 Å². The maximum Gasteiger partial charge on any atom is 0.108 e. The van der Waals surface area contributed by atoms with Crippen LogP contribution in [0.5, 0.6) is 0 Å². The molecule has 70 valence electrons. The van der Waals surface area contributed by atoms with Crippen LogP contribution in [0.3, 0.4) is 0 Å². The summed E-state index contributed by atoms with van der Waals surface area (Å²) in [6, 6.07) is 7.03. The molecule has 1 rings (SSSR count). The minimum absolute atomic E-state index is 0.0189. The lowest BCUT2D eigenvalue weighted by Crippen LogP contribution is -2.25. The van der Waals surface area contributed by atoms with E-state index in [2.05, 4.69) is 5.10 Å². The van der Waals surface area contributed by atoms with Crippen LogP contribution in [0.4, 0.5) is 5.69 Å². The number of hydrazine groups is 1. The second kappa shape index (κ2) is 4.44. The summed E-state index contributed by atoms with van der Waals surface area (Å²) in [7, 11) is 0. The molecule has 13 heavy (non-hydrogen) atoms. The molecule has 0 aliphatic rings. The van der Waals surface area contributed by atoms with Gasteiger partial charge >= 0.3 is 0 Å². The highest BCUT2D eigenvalue weighted by Gasteiger charge is 1.97. The van der Waals surface area contributed by atoms with Crippen molar-refractivity contribution in [3.63, 3.8) is 0 Å². The molecule has 5 N–H and O–H groups in total. The van der Waals surface area contributed by atoms with Crippen molar-refractivity contribution in [3.8, 4) is 0 Å². The highest BCUT2D eigenvalue weighted by atomic mass is 16.3. The second-order valence-electron chi connectivity index (χ2n) is 2.43. The van der Waals surface area contributed by atoms with E-state index in [1.54, 1.807) is 24.3 Å². The fourth-order valence-electron chi connectivity index (χ4n) is 0.893.